The number of rotatable bonds is 0. The van der Waals surface area contributed by atoms with Crippen molar-refractivity contribution in [2.45, 2.75) is 30.8 Å². The van der Waals surface area contributed by atoms with Gasteiger partial charge < -0.3 is 9.64 Å². The predicted molar refractivity (Wildman–Crippen MR) is 62.1 cm³/mol. The molecule has 0 amide bonds. The van der Waals surface area contributed by atoms with Crippen molar-refractivity contribution in [1.82, 2.24) is 4.90 Å². The van der Waals surface area contributed by atoms with Crippen molar-refractivity contribution in [3.63, 3.8) is 0 Å². The Morgan fingerprint density at radius 2 is 2.07 bits per heavy atom. The van der Waals surface area contributed by atoms with Gasteiger partial charge in [0.1, 0.15) is 5.44 Å². The fourth-order valence-electron chi connectivity index (χ4n) is 3.08. The van der Waals surface area contributed by atoms with Crippen LogP contribution in [-0.2, 0) is 4.74 Å². The highest BCUT2D eigenvalue weighted by molar-refractivity contribution is 8.00. The molecule has 0 radical (unpaired) electrons. The highest BCUT2D eigenvalue weighted by Gasteiger charge is 2.51. The van der Waals surface area contributed by atoms with Crippen LogP contribution >= 0.6 is 24.2 Å². The van der Waals surface area contributed by atoms with E-state index in [1.54, 1.807) is 0 Å². The molecule has 14 heavy (non-hydrogen) atoms. The average molecular weight is 236 g/mol. The van der Waals surface area contributed by atoms with Gasteiger partial charge in [-0.3, -0.25) is 0 Å². The standard InChI is InChI=1S/C10H17NOS.ClH/c1-8-12-10(7-13-8)6-11-4-2-9(10)3-5-11;/h8-9H,2-7H2,1H3;1H. The molecular weight excluding hydrogens is 218 g/mol. The van der Waals surface area contributed by atoms with Gasteiger partial charge >= 0.3 is 0 Å². The number of nitrogens with zero attached hydrogens (tertiary/aromatic N) is 1. The number of hydrogen-bond donors (Lipinski definition) is 0. The van der Waals surface area contributed by atoms with Gasteiger partial charge in [0.05, 0.1) is 5.60 Å². The van der Waals surface area contributed by atoms with Crippen molar-refractivity contribution >= 4 is 24.2 Å². The molecule has 4 aliphatic heterocycles. The molecule has 0 aromatic heterocycles. The largest absolute Gasteiger partial charge is 0.359 e. The van der Waals surface area contributed by atoms with Crippen LogP contribution in [0.15, 0.2) is 0 Å². The third-order valence-electron chi connectivity index (χ3n) is 3.79. The molecule has 0 aromatic carbocycles. The lowest BCUT2D eigenvalue weighted by Crippen LogP contribution is -2.60. The van der Waals surface area contributed by atoms with Crippen LogP contribution in [0.2, 0.25) is 0 Å². The van der Waals surface area contributed by atoms with Crippen molar-refractivity contribution in [3.05, 3.63) is 0 Å². The van der Waals surface area contributed by atoms with Gasteiger partial charge in [-0.2, -0.15) is 0 Å². The first kappa shape index (κ1) is 11.1. The average Bonchev–Trinajstić information content (AvgIpc) is 2.49. The fourth-order valence-corrected chi connectivity index (χ4v) is 4.25. The number of fused-ring (bicyclic) bond motifs is 2. The first-order valence-corrected chi connectivity index (χ1v) is 6.35. The van der Waals surface area contributed by atoms with Crippen molar-refractivity contribution in [2.75, 3.05) is 25.4 Å². The summed E-state index contributed by atoms with van der Waals surface area (Å²) in [7, 11) is 0. The highest BCUT2D eigenvalue weighted by atomic mass is 35.5. The maximum absolute atomic E-state index is 6.14. The van der Waals surface area contributed by atoms with E-state index >= 15 is 0 Å². The van der Waals surface area contributed by atoms with Crippen LogP contribution < -0.4 is 0 Å². The van der Waals surface area contributed by atoms with Crippen LogP contribution in [-0.4, -0.2) is 41.3 Å². The molecule has 4 heteroatoms. The van der Waals surface area contributed by atoms with E-state index in [4.69, 9.17) is 4.74 Å². The fraction of sp³-hybridized carbons (Fsp3) is 1.00. The SMILES string of the molecule is CC1OC2(CS1)CN1CCC2CC1.Cl. The molecule has 1 spiro atoms. The molecule has 2 bridgehead atoms. The van der Waals surface area contributed by atoms with Gasteiger partial charge in [0, 0.05) is 12.3 Å². The van der Waals surface area contributed by atoms with Crippen LogP contribution in [0.5, 0.6) is 0 Å². The normalized spacial score (nSPS) is 50.8. The van der Waals surface area contributed by atoms with Crippen LogP contribution in [0.1, 0.15) is 19.8 Å². The van der Waals surface area contributed by atoms with Crippen molar-refractivity contribution in [1.29, 1.82) is 0 Å². The molecule has 2 unspecified atom stereocenters. The van der Waals surface area contributed by atoms with Crippen molar-refractivity contribution < 1.29 is 4.74 Å². The minimum atomic E-state index is 0. The smallest absolute Gasteiger partial charge is 0.101 e. The molecule has 0 aliphatic carbocycles. The third kappa shape index (κ3) is 1.58. The zero-order valence-corrected chi connectivity index (χ0v) is 10.2. The molecule has 82 valence electrons. The molecule has 0 aromatic rings. The van der Waals surface area contributed by atoms with Crippen molar-refractivity contribution in [2.24, 2.45) is 5.92 Å². The summed E-state index contributed by atoms with van der Waals surface area (Å²) in [5.41, 5.74) is 0.682. The lowest BCUT2D eigenvalue weighted by atomic mass is 9.76. The van der Waals surface area contributed by atoms with Gasteiger partial charge in [-0.05, 0) is 38.8 Å². The van der Waals surface area contributed by atoms with E-state index in [-0.39, 0.29) is 18.0 Å². The summed E-state index contributed by atoms with van der Waals surface area (Å²) in [6, 6.07) is 0. The van der Waals surface area contributed by atoms with E-state index in [9.17, 15) is 0 Å². The number of ether oxygens (including phenoxy) is 1. The number of piperidine rings is 3. The summed E-state index contributed by atoms with van der Waals surface area (Å²) in [4.78, 5) is 2.58. The summed E-state index contributed by atoms with van der Waals surface area (Å²) < 4.78 is 6.14. The Balaban J connectivity index is 0.000000750. The molecule has 4 saturated heterocycles. The van der Waals surface area contributed by atoms with Gasteiger partial charge in [-0.25, -0.2) is 0 Å². The monoisotopic (exact) mass is 235 g/mol. The predicted octanol–water partition coefficient (Wildman–Crippen LogP) is 1.98. The minimum absolute atomic E-state index is 0. The summed E-state index contributed by atoms with van der Waals surface area (Å²) in [5.74, 6) is 2.09. The van der Waals surface area contributed by atoms with Gasteiger partial charge in [-0.15, -0.1) is 24.2 Å². The maximum atomic E-state index is 6.14. The Morgan fingerprint density at radius 3 is 2.50 bits per heavy atom. The molecule has 4 aliphatic rings. The Labute approximate surface area is 96.2 Å². The molecule has 0 N–H and O–H groups in total. The number of thioether (sulfide) groups is 1. The summed E-state index contributed by atoms with van der Waals surface area (Å²) in [5, 5.41) is 0. The lowest BCUT2D eigenvalue weighted by molar-refractivity contribution is -0.133. The second-order valence-electron chi connectivity index (χ2n) is 4.61. The van der Waals surface area contributed by atoms with Gasteiger partial charge in [0.2, 0.25) is 0 Å². The highest BCUT2D eigenvalue weighted by Crippen LogP contribution is 2.46. The van der Waals surface area contributed by atoms with Crippen LogP contribution in [0.3, 0.4) is 0 Å². The molecule has 4 rings (SSSR count). The summed E-state index contributed by atoms with van der Waals surface area (Å²) in [6.07, 6.45) is 2.74. The third-order valence-corrected chi connectivity index (χ3v) is 5.01. The Kier molecular flexibility index (Phi) is 3.04. The molecular formula is C10H18ClNOS. The van der Waals surface area contributed by atoms with Crippen LogP contribution in [0, 0.1) is 5.92 Å². The number of halogens is 1. The van der Waals surface area contributed by atoms with E-state index in [2.05, 4.69) is 11.8 Å². The zero-order chi connectivity index (χ0) is 8.89. The second-order valence-corrected chi connectivity index (χ2v) is 5.90. The van der Waals surface area contributed by atoms with Gasteiger partial charge in [0.25, 0.3) is 0 Å². The van der Waals surface area contributed by atoms with Gasteiger partial charge in [-0.1, -0.05) is 0 Å². The summed E-state index contributed by atoms with van der Waals surface area (Å²) >= 11 is 1.99. The summed E-state index contributed by atoms with van der Waals surface area (Å²) in [6.45, 7) is 6.02. The minimum Gasteiger partial charge on any atom is -0.359 e. The van der Waals surface area contributed by atoms with E-state index in [1.165, 1.54) is 38.2 Å². The molecule has 2 atom stereocenters. The van der Waals surface area contributed by atoms with E-state index in [1.807, 2.05) is 11.8 Å². The first-order valence-electron chi connectivity index (χ1n) is 5.30. The Morgan fingerprint density at radius 1 is 1.36 bits per heavy atom. The van der Waals surface area contributed by atoms with Crippen LogP contribution in [0.25, 0.3) is 0 Å². The Bertz CT molecular complexity index is 220. The number of hydrogen-bond acceptors (Lipinski definition) is 3. The first-order chi connectivity index (χ1) is 6.28. The second kappa shape index (κ2) is 3.85. The maximum Gasteiger partial charge on any atom is 0.101 e. The zero-order valence-electron chi connectivity index (χ0n) is 8.57. The molecule has 4 fully saturated rings. The lowest BCUT2D eigenvalue weighted by Gasteiger charge is -2.50. The van der Waals surface area contributed by atoms with E-state index in [0.717, 1.165) is 5.92 Å². The Hall–Kier alpha value is 0.560. The van der Waals surface area contributed by atoms with E-state index < -0.39 is 0 Å². The molecule has 0 saturated carbocycles. The van der Waals surface area contributed by atoms with Gasteiger partial charge in [0.15, 0.2) is 0 Å². The molecule has 2 nitrogen and oxygen atoms in total. The van der Waals surface area contributed by atoms with Crippen LogP contribution in [0.4, 0.5) is 0 Å². The van der Waals surface area contributed by atoms with Crippen molar-refractivity contribution in [3.8, 4) is 0 Å². The van der Waals surface area contributed by atoms with E-state index in [0.29, 0.717) is 5.44 Å². The topological polar surface area (TPSA) is 12.5 Å². The molecule has 4 heterocycles. The quantitative estimate of drug-likeness (QED) is 0.637.